The second-order valence-electron chi connectivity index (χ2n) is 3.62. The molecule has 1 saturated heterocycles. The highest BCUT2D eigenvalue weighted by atomic mass is 79.9. The van der Waals surface area contributed by atoms with Crippen LogP contribution in [0.3, 0.4) is 0 Å². The SMILES string of the molecule is CC12CCC(=O)C(Br)=C1COC2=O. The van der Waals surface area contributed by atoms with E-state index in [2.05, 4.69) is 15.9 Å². The van der Waals surface area contributed by atoms with E-state index in [9.17, 15) is 9.59 Å². The Hall–Kier alpha value is -0.640. The molecular weight excluding hydrogens is 236 g/mol. The van der Waals surface area contributed by atoms with Gasteiger partial charge in [-0.3, -0.25) is 9.59 Å². The first kappa shape index (κ1) is 8.94. The first-order chi connectivity index (χ1) is 6.05. The molecule has 1 atom stereocenters. The second kappa shape index (κ2) is 2.67. The van der Waals surface area contributed by atoms with Gasteiger partial charge < -0.3 is 4.74 Å². The molecule has 2 aliphatic rings. The van der Waals surface area contributed by atoms with Gasteiger partial charge in [0, 0.05) is 12.0 Å². The number of rotatable bonds is 0. The van der Waals surface area contributed by atoms with Crippen molar-refractivity contribution in [2.75, 3.05) is 6.61 Å². The van der Waals surface area contributed by atoms with Crippen LogP contribution < -0.4 is 0 Å². The maximum Gasteiger partial charge on any atom is 0.316 e. The minimum absolute atomic E-state index is 0.0748. The summed E-state index contributed by atoms with van der Waals surface area (Å²) in [6, 6.07) is 0. The summed E-state index contributed by atoms with van der Waals surface area (Å²) in [5, 5.41) is 0. The van der Waals surface area contributed by atoms with Crippen molar-refractivity contribution < 1.29 is 14.3 Å². The number of carbonyl (C=O) groups excluding carboxylic acids is 2. The molecule has 0 aromatic carbocycles. The Bertz CT molecular complexity index is 332. The number of Topliss-reactive ketones (excluding diaryl/α,β-unsaturated/α-hetero) is 1. The third kappa shape index (κ3) is 1.08. The Morgan fingerprint density at radius 3 is 2.85 bits per heavy atom. The second-order valence-corrected chi connectivity index (χ2v) is 4.42. The van der Waals surface area contributed by atoms with Crippen molar-refractivity contribution in [2.24, 2.45) is 5.41 Å². The molecule has 2 rings (SSSR count). The molecule has 70 valence electrons. The standard InChI is InChI=1S/C9H9BrO3/c1-9-3-2-6(11)7(10)5(9)4-13-8(9)12/h2-4H2,1H3. The zero-order valence-corrected chi connectivity index (χ0v) is 8.81. The van der Waals surface area contributed by atoms with E-state index in [-0.39, 0.29) is 18.4 Å². The summed E-state index contributed by atoms with van der Waals surface area (Å²) in [6.45, 7) is 2.10. The molecule has 0 bridgehead atoms. The van der Waals surface area contributed by atoms with Crippen LogP contribution in [-0.2, 0) is 14.3 Å². The molecule has 3 nitrogen and oxygen atoms in total. The van der Waals surface area contributed by atoms with Gasteiger partial charge in [-0.05, 0) is 29.3 Å². The van der Waals surface area contributed by atoms with Crippen LogP contribution in [0.15, 0.2) is 10.1 Å². The molecule has 0 saturated carbocycles. The monoisotopic (exact) mass is 244 g/mol. The van der Waals surface area contributed by atoms with Crippen LogP contribution in [0.1, 0.15) is 19.8 Å². The molecule has 1 aliphatic carbocycles. The van der Waals surface area contributed by atoms with Crippen molar-refractivity contribution in [2.45, 2.75) is 19.8 Å². The number of halogens is 1. The predicted molar refractivity (Wildman–Crippen MR) is 49.3 cm³/mol. The van der Waals surface area contributed by atoms with Crippen LogP contribution in [-0.4, -0.2) is 18.4 Å². The minimum atomic E-state index is -0.549. The number of ether oxygens (including phenoxy) is 1. The van der Waals surface area contributed by atoms with Gasteiger partial charge in [0.15, 0.2) is 5.78 Å². The third-order valence-corrected chi connectivity index (χ3v) is 3.75. The van der Waals surface area contributed by atoms with Crippen molar-refractivity contribution >= 4 is 27.7 Å². The molecule has 0 N–H and O–H groups in total. The van der Waals surface area contributed by atoms with Crippen molar-refractivity contribution in [3.05, 3.63) is 10.1 Å². The molecule has 0 radical (unpaired) electrons. The lowest BCUT2D eigenvalue weighted by molar-refractivity contribution is -0.145. The summed E-state index contributed by atoms with van der Waals surface area (Å²) in [7, 11) is 0. The van der Waals surface area contributed by atoms with Crippen molar-refractivity contribution in [3.8, 4) is 0 Å². The van der Waals surface area contributed by atoms with Gasteiger partial charge in [-0.15, -0.1) is 0 Å². The fraction of sp³-hybridized carbons (Fsp3) is 0.556. The summed E-state index contributed by atoms with van der Waals surface area (Å²) in [4.78, 5) is 22.7. The first-order valence-electron chi connectivity index (χ1n) is 4.15. The van der Waals surface area contributed by atoms with E-state index in [1.807, 2.05) is 6.92 Å². The Balaban J connectivity index is 2.54. The highest BCUT2D eigenvalue weighted by Gasteiger charge is 2.48. The lowest BCUT2D eigenvalue weighted by Crippen LogP contribution is -2.29. The zero-order valence-electron chi connectivity index (χ0n) is 7.22. The van der Waals surface area contributed by atoms with E-state index in [1.165, 1.54) is 0 Å². The van der Waals surface area contributed by atoms with Gasteiger partial charge in [-0.25, -0.2) is 0 Å². The molecule has 0 aromatic heterocycles. The molecule has 13 heavy (non-hydrogen) atoms. The number of hydrogen-bond donors (Lipinski definition) is 0. The van der Waals surface area contributed by atoms with E-state index >= 15 is 0 Å². The average molecular weight is 245 g/mol. The van der Waals surface area contributed by atoms with Gasteiger partial charge in [-0.2, -0.15) is 0 Å². The summed E-state index contributed by atoms with van der Waals surface area (Å²) in [6.07, 6.45) is 1.00. The normalized spacial score (nSPS) is 33.4. The van der Waals surface area contributed by atoms with E-state index in [1.54, 1.807) is 0 Å². The highest BCUT2D eigenvalue weighted by Crippen LogP contribution is 2.45. The number of esters is 1. The first-order valence-corrected chi connectivity index (χ1v) is 4.94. The molecule has 0 spiro atoms. The van der Waals surface area contributed by atoms with Crippen LogP contribution >= 0.6 is 15.9 Å². The average Bonchev–Trinajstić information content (AvgIpc) is 2.39. The maximum absolute atomic E-state index is 11.4. The van der Waals surface area contributed by atoms with Gasteiger partial charge >= 0.3 is 5.97 Å². The highest BCUT2D eigenvalue weighted by molar-refractivity contribution is 9.12. The number of allylic oxidation sites excluding steroid dienone is 1. The Morgan fingerprint density at radius 1 is 1.46 bits per heavy atom. The molecule has 4 heteroatoms. The van der Waals surface area contributed by atoms with Gasteiger partial charge in [-0.1, -0.05) is 0 Å². The topological polar surface area (TPSA) is 43.4 Å². The Labute approximate surface area is 84.3 Å². The van der Waals surface area contributed by atoms with E-state index in [4.69, 9.17) is 4.74 Å². The number of ketones is 1. The number of fused-ring (bicyclic) bond motifs is 1. The summed E-state index contributed by atoms with van der Waals surface area (Å²) in [5.41, 5.74) is 0.265. The van der Waals surface area contributed by atoms with Crippen molar-refractivity contribution in [1.82, 2.24) is 0 Å². The van der Waals surface area contributed by atoms with Gasteiger partial charge in [0.25, 0.3) is 0 Å². The molecular formula is C9H9BrO3. The van der Waals surface area contributed by atoms with Crippen LogP contribution in [0.25, 0.3) is 0 Å². The maximum atomic E-state index is 11.4. The van der Waals surface area contributed by atoms with Crippen molar-refractivity contribution in [1.29, 1.82) is 0 Å². The van der Waals surface area contributed by atoms with Crippen LogP contribution in [0.2, 0.25) is 0 Å². The van der Waals surface area contributed by atoms with E-state index < -0.39 is 5.41 Å². The van der Waals surface area contributed by atoms with E-state index in [0.29, 0.717) is 17.3 Å². The zero-order chi connectivity index (χ0) is 9.64. The third-order valence-electron chi connectivity index (χ3n) is 2.83. The van der Waals surface area contributed by atoms with E-state index in [0.717, 1.165) is 5.57 Å². The summed E-state index contributed by atoms with van der Waals surface area (Å²) in [5.74, 6) is -0.127. The fourth-order valence-corrected chi connectivity index (χ4v) is 2.53. The molecule has 1 unspecified atom stereocenters. The number of carbonyl (C=O) groups is 2. The smallest absolute Gasteiger partial charge is 0.316 e. The lowest BCUT2D eigenvalue weighted by Gasteiger charge is -2.25. The number of hydrogen-bond acceptors (Lipinski definition) is 3. The minimum Gasteiger partial charge on any atom is -0.460 e. The van der Waals surface area contributed by atoms with Crippen molar-refractivity contribution in [3.63, 3.8) is 0 Å². The van der Waals surface area contributed by atoms with Crippen LogP contribution in [0.4, 0.5) is 0 Å². The Kier molecular flexibility index (Phi) is 1.84. The quantitative estimate of drug-likeness (QED) is 0.608. The van der Waals surface area contributed by atoms with Gasteiger partial charge in [0.1, 0.15) is 6.61 Å². The molecule has 0 amide bonds. The fourth-order valence-electron chi connectivity index (χ4n) is 1.78. The summed E-state index contributed by atoms with van der Waals surface area (Å²) >= 11 is 3.22. The van der Waals surface area contributed by atoms with Gasteiger partial charge in [0.05, 0.1) is 9.90 Å². The lowest BCUT2D eigenvalue weighted by atomic mass is 9.75. The van der Waals surface area contributed by atoms with Gasteiger partial charge in [0.2, 0.25) is 0 Å². The van der Waals surface area contributed by atoms with Crippen LogP contribution in [0.5, 0.6) is 0 Å². The van der Waals surface area contributed by atoms with Crippen LogP contribution in [0, 0.1) is 5.41 Å². The largest absolute Gasteiger partial charge is 0.460 e. The summed E-state index contributed by atoms with van der Waals surface area (Å²) < 4.78 is 5.49. The molecule has 1 fully saturated rings. The molecule has 1 aliphatic heterocycles. The predicted octanol–water partition coefficient (Wildman–Crippen LogP) is 1.56. The Morgan fingerprint density at radius 2 is 2.15 bits per heavy atom. The molecule has 1 heterocycles. The molecule has 0 aromatic rings. The number of cyclic esters (lactones) is 1.